The molecule has 0 radical (unpaired) electrons. The Kier molecular flexibility index (Phi) is 3.13. The highest BCUT2D eigenvalue weighted by atomic mass is 32.1. The fourth-order valence-corrected chi connectivity index (χ4v) is 2.54. The van der Waals surface area contributed by atoms with Gasteiger partial charge in [0.05, 0.1) is 5.52 Å². The number of aryl methyl sites for hydroxylation is 3. The lowest BCUT2D eigenvalue weighted by atomic mass is 10.3. The summed E-state index contributed by atoms with van der Waals surface area (Å²) < 4.78 is 31.0. The first-order valence-electron chi connectivity index (χ1n) is 6.10. The van der Waals surface area contributed by atoms with Crippen molar-refractivity contribution in [2.45, 2.75) is 13.0 Å². The highest BCUT2D eigenvalue weighted by molar-refractivity contribution is 7.71. The second kappa shape index (κ2) is 4.82. The van der Waals surface area contributed by atoms with Gasteiger partial charge < -0.3 is 14.1 Å². The Morgan fingerprint density at radius 1 is 1.35 bits per heavy atom. The Hall–Kier alpha value is -2.02. The van der Waals surface area contributed by atoms with Crippen molar-refractivity contribution in [3.05, 3.63) is 46.8 Å². The topological polar surface area (TPSA) is 38.5 Å². The minimum Gasteiger partial charge on any atom is -0.338 e. The Bertz CT molecular complexity index is 831. The van der Waals surface area contributed by atoms with Gasteiger partial charge in [-0.25, -0.2) is 13.8 Å². The normalized spacial score (nSPS) is 11.3. The molecule has 0 atom stereocenters. The van der Waals surface area contributed by atoms with Crippen LogP contribution in [0.25, 0.3) is 11.0 Å². The van der Waals surface area contributed by atoms with Crippen LogP contribution in [0.15, 0.2) is 24.5 Å². The number of H-pyrrole nitrogens is 1. The summed E-state index contributed by atoms with van der Waals surface area (Å²) in [6, 6.07) is 2.12. The van der Waals surface area contributed by atoms with Crippen molar-refractivity contribution in [2.75, 3.05) is 0 Å². The number of nitrogens with one attached hydrogen (secondary N) is 1. The summed E-state index contributed by atoms with van der Waals surface area (Å²) in [5.41, 5.74) is 0.665. The molecule has 0 saturated carbocycles. The number of rotatable bonds is 3. The Labute approximate surface area is 118 Å². The minimum atomic E-state index is -0.637. The SMILES string of the molecule is Cn1ccnc1CCn1c(=S)[nH]c2c(F)cc(F)cc21. The molecule has 3 rings (SSSR count). The standard InChI is InChI=1S/C13H12F2N4S/c1-18-5-3-16-11(18)2-4-19-10-7-8(14)6-9(15)12(10)17-13(19)20/h3,5-7H,2,4H2,1H3,(H,17,20). The molecule has 104 valence electrons. The van der Waals surface area contributed by atoms with Crippen molar-refractivity contribution in [3.8, 4) is 0 Å². The molecule has 2 aromatic heterocycles. The van der Waals surface area contributed by atoms with E-state index >= 15 is 0 Å². The molecule has 0 saturated heterocycles. The molecule has 0 aliphatic heterocycles. The smallest absolute Gasteiger partial charge is 0.178 e. The molecule has 20 heavy (non-hydrogen) atoms. The zero-order valence-electron chi connectivity index (χ0n) is 10.7. The molecule has 0 amide bonds. The van der Waals surface area contributed by atoms with Gasteiger partial charge in [-0.15, -0.1) is 0 Å². The summed E-state index contributed by atoms with van der Waals surface area (Å²) in [4.78, 5) is 6.99. The highest BCUT2D eigenvalue weighted by Crippen LogP contribution is 2.19. The molecule has 0 fully saturated rings. The molecule has 0 spiro atoms. The molecule has 7 heteroatoms. The summed E-state index contributed by atoms with van der Waals surface area (Å²) in [5.74, 6) is -0.366. The largest absolute Gasteiger partial charge is 0.338 e. The van der Waals surface area contributed by atoms with Crippen LogP contribution >= 0.6 is 12.2 Å². The van der Waals surface area contributed by atoms with Crippen molar-refractivity contribution >= 4 is 23.3 Å². The average molecular weight is 294 g/mol. The number of benzene rings is 1. The van der Waals surface area contributed by atoms with Crippen molar-refractivity contribution in [3.63, 3.8) is 0 Å². The first kappa shape index (κ1) is 13.0. The second-order valence-electron chi connectivity index (χ2n) is 4.57. The monoisotopic (exact) mass is 294 g/mol. The van der Waals surface area contributed by atoms with Crippen LogP contribution in [-0.2, 0) is 20.0 Å². The third kappa shape index (κ3) is 2.14. The number of nitrogens with zero attached hydrogens (tertiary/aromatic N) is 3. The van der Waals surface area contributed by atoms with E-state index in [1.54, 1.807) is 10.8 Å². The van der Waals surface area contributed by atoms with Crippen LogP contribution in [0.3, 0.4) is 0 Å². The molecule has 4 nitrogen and oxygen atoms in total. The fourth-order valence-electron chi connectivity index (χ4n) is 2.25. The predicted octanol–water partition coefficient (Wildman–Crippen LogP) is 2.95. The van der Waals surface area contributed by atoms with Gasteiger partial charge in [0.25, 0.3) is 0 Å². The maximum absolute atomic E-state index is 13.7. The van der Waals surface area contributed by atoms with Crippen LogP contribution in [-0.4, -0.2) is 19.1 Å². The number of halogens is 2. The van der Waals surface area contributed by atoms with Gasteiger partial charge >= 0.3 is 0 Å². The second-order valence-corrected chi connectivity index (χ2v) is 4.95. The van der Waals surface area contributed by atoms with Crippen LogP contribution in [0, 0.1) is 16.4 Å². The lowest BCUT2D eigenvalue weighted by Gasteiger charge is -2.05. The molecule has 2 heterocycles. The van der Waals surface area contributed by atoms with Gasteiger partial charge in [0.1, 0.15) is 17.2 Å². The first-order chi connectivity index (χ1) is 9.56. The lowest BCUT2D eigenvalue weighted by molar-refractivity contribution is 0.589. The van der Waals surface area contributed by atoms with E-state index in [0.717, 1.165) is 11.9 Å². The zero-order valence-corrected chi connectivity index (χ0v) is 11.5. The van der Waals surface area contributed by atoms with Crippen LogP contribution < -0.4 is 0 Å². The maximum Gasteiger partial charge on any atom is 0.178 e. The molecule has 0 unspecified atom stereocenters. The molecule has 1 aromatic carbocycles. The lowest BCUT2D eigenvalue weighted by Crippen LogP contribution is -2.05. The summed E-state index contributed by atoms with van der Waals surface area (Å²) in [5, 5.41) is 0. The van der Waals surface area contributed by atoms with Crippen LogP contribution in [0.5, 0.6) is 0 Å². The van der Waals surface area contributed by atoms with E-state index in [0.29, 0.717) is 23.3 Å². The van der Waals surface area contributed by atoms with E-state index in [2.05, 4.69) is 9.97 Å². The Balaban J connectivity index is 2.01. The molecule has 0 aliphatic carbocycles. The van der Waals surface area contributed by atoms with Gasteiger partial charge in [0.15, 0.2) is 10.6 Å². The van der Waals surface area contributed by atoms with Crippen LogP contribution in [0.1, 0.15) is 5.82 Å². The van der Waals surface area contributed by atoms with E-state index in [4.69, 9.17) is 12.2 Å². The minimum absolute atomic E-state index is 0.233. The molecular weight excluding hydrogens is 282 g/mol. The van der Waals surface area contributed by atoms with Gasteiger partial charge in [-0.3, -0.25) is 0 Å². The number of hydrogen-bond acceptors (Lipinski definition) is 2. The molecule has 0 aliphatic rings. The third-order valence-electron chi connectivity index (χ3n) is 3.28. The van der Waals surface area contributed by atoms with Gasteiger partial charge in [0.2, 0.25) is 0 Å². The summed E-state index contributed by atoms with van der Waals surface area (Å²) >= 11 is 5.17. The third-order valence-corrected chi connectivity index (χ3v) is 3.60. The van der Waals surface area contributed by atoms with Crippen molar-refractivity contribution in [2.24, 2.45) is 7.05 Å². The van der Waals surface area contributed by atoms with E-state index in [-0.39, 0.29) is 5.52 Å². The predicted molar refractivity (Wildman–Crippen MR) is 74.0 cm³/mol. The van der Waals surface area contributed by atoms with Crippen molar-refractivity contribution < 1.29 is 8.78 Å². The number of aromatic nitrogens is 4. The zero-order chi connectivity index (χ0) is 14.3. The van der Waals surface area contributed by atoms with Crippen molar-refractivity contribution in [1.29, 1.82) is 0 Å². The quantitative estimate of drug-likeness (QED) is 0.754. The molecule has 0 bridgehead atoms. The molecule has 1 N–H and O–H groups in total. The van der Waals surface area contributed by atoms with Crippen LogP contribution in [0.2, 0.25) is 0 Å². The summed E-state index contributed by atoms with van der Waals surface area (Å²) in [6.45, 7) is 0.507. The van der Waals surface area contributed by atoms with E-state index in [1.807, 2.05) is 17.8 Å². The van der Waals surface area contributed by atoms with Gasteiger partial charge in [-0.1, -0.05) is 0 Å². The van der Waals surface area contributed by atoms with Gasteiger partial charge in [0, 0.05) is 38.5 Å². The Morgan fingerprint density at radius 3 is 2.85 bits per heavy atom. The van der Waals surface area contributed by atoms with Gasteiger partial charge in [-0.05, 0) is 18.3 Å². The van der Waals surface area contributed by atoms with Gasteiger partial charge in [-0.2, -0.15) is 0 Å². The Morgan fingerprint density at radius 2 is 2.15 bits per heavy atom. The number of aromatic amines is 1. The summed E-state index contributed by atoms with van der Waals surface area (Å²) in [6.07, 6.45) is 4.19. The average Bonchev–Trinajstić information content (AvgIpc) is 2.91. The highest BCUT2D eigenvalue weighted by Gasteiger charge is 2.11. The number of hydrogen-bond donors (Lipinski definition) is 1. The van der Waals surface area contributed by atoms with E-state index in [1.165, 1.54) is 6.07 Å². The van der Waals surface area contributed by atoms with Crippen LogP contribution in [0.4, 0.5) is 8.78 Å². The maximum atomic E-state index is 13.7. The first-order valence-corrected chi connectivity index (χ1v) is 6.51. The van der Waals surface area contributed by atoms with E-state index in [9.17, 15) is 8.78 Å². The molecular formula is C13H12F2N4S. The molecule has 3 aromatic rings. The number of imidazole rings is 2. The van der Waals surface area contributed by atoms with E-state index < -0.39 is 11.6 Å². The summed E-state index contributed by atoms with van der Waals surface area (Å²) in [7, 11) is 1.90. The fraction of sp³-hybridized carbons (Fsp3) is 0.231. The van der Waals surface area contributed by atoms with Crippen molar-refractivity contribution in [1.82, 2.24) is 19.1 Å². The number of fused-ring (bicyclic) bond motifs is 1.